The molecule has 2 saturated carbocycles. The normalized spacial score (nSPS) is 27.0. The molecule has 1 heterocycles. The minimum absolute atomic E-state index is 0.0804. The molecule has 1 saturated heterocycles. The van der Waals surface area contributed by atoms with Crippen molar-refractivity contribution in [3.8, 4) is 5.75 Å². The van der Waals surface area contributed by atoms with Gasteiger partial charge < -0.3 is 10.1 Å². The summed E-state index contributed by atoms with van der Waals surface area (Å²) in [6, 6.07) is 6.11. The zero-order valence-electron chi connectivity index (χ0n) is 15.6. The second-order valence-electron chi connectivity index (χ2n) is 8.56. The molecule has 1 aromatic rings. The van der Waals surface area contributed by atoms with Crippen molar-refractivity contribution in [1.29, 1.82) is 0 Å². The van der Waals surface area contributed by atoms with Crippen LogP contribution < -0.4 is 10.1 Å². The van der Waals surface area contributed by atoms with Crippen LogP contribution in [0.3, 0.4) is 0 Å². The van der Waals surface area contributed by atoms with E-state index >= 15 is 0 Å². The molecule has 0 radical (unpaired) electrons. The molecule has 0 unspecified atom stereocenters. The van der Waals surface area contributed by atoms with E-state index in [1.807, 2.05) is 19.1 Å². The summed E-state index contributed by atoms with van der Waals surface area (Å²) < 4.78 is 6.14. The number of hydrogen-bond donors (Lipinski definition) is 1. The highest BCUT2D eigenvalue weighted by atomic mass is 35.5. The first-order valence-corrected chi connectivity index (χ1v) is 10.4. The number of carbonyl (C=O) groups excluding carboxylic acids is 1. The van der Waals surface area contributed by atoms with Gasteiger partial charge in [0, 0.05) is 18.5 Å². The van der Waals surface area contributed by atoms with Crippen LogP contribution in [0.5, 0.6) is 5.75 Å². The lowest BCUT2D eigenvalue weighted by atomic mass is 9.82. The molecule has 5 heteroatoms. The monoisotopic (exact) mass is 376 g/mol. The van der Waals surface area contributed by atoms with Gasteiger partial charge in [0.15, 0.2) is 0 Å². The predicted molar refractivity (Wildman–Crippen MR) is 103 cm³/mol. The Bertz CT molecular complexity index is 662. The van der Waals surface area contributed by atoms with Crippen LogP contribution in [-0.2, 0) is 11.3 Å². The first-order chi connectivity index (χ1) is 12.5. The Labute approximate surface area is 161 Å². The summed E-state index contributed by atoms with van der Waals surface area (Å²) in [6.45, 7) is 6.06. The van der Waals surface area contributed by atoms with Gasteiger partial charge in [-0.3, -0.25) is 9.69 Å². The van der Waals surface area contributed by atoms with Crippen LogP contribution in [0.15, 0.2) is 18.2 Å². The van der Waals surface area contributed by atoms with E-state index in [4.69, 9.17) is 16.3 Å². The van der Waals surface area contributed by atoms with Crippen LogP contribution in [-0.4, -0.2) is 36.5 Å². The topological polar surface area (TPSA) is 41.6 Å². The van der Waals surface area contributed by atoms with E-state index in [1.54, 1.807) is 0 Å². The number of rotatable bonds is 7. The largest absolute Gasteiger partial charge is 0.489 e. The Kier molecular flexibility index (Phi) is 5.15. The smallest absolute Gasteiger partial charge is 0.225 e. The molecular formula is C21H29ClN2O2. The number of nitrogens with zero attached hydrogens (tertiary/aromatic N) is 1. The summed E-state index contributed by atoms with van der Waals surface area (Å²) in [5.74, 6) is 1.55. The molecule has 1 aliphatic heterocycles. The van der Waals surface area contributed by atoms with Crippen molar-refractivity contribution in [2.24, 2.45) is 11.3 Å². The molecule has 4 rings (SSSR count). The third-order valence-electron chi connectivity index (χ3n) is 6.22. The summed E-state index contributed by atoms with van der Waals surface area (Å²) in [5, 5.41) is 3.87. The highest BCUT2D eigenvalue weighted by Gasteiger charge is 2.45. The Hall–Kier alpha value is -1.26. The van der Waals surface area contributed by atoms with E-state index in [0.29, 0.717) is 5.92 Å². The second kappa shape index (κ2) is 7.40. The van der Waals surface area contributed by atoms with E-state index in [1.165, 1.54) is 12.8 Å². The maximum Gasteiger partial charge on any atom is 0.225 e. The lowest BCUT2D eigenvalue weighted by Crippen LogP contribution is -2.42. The number of benzene rings is 1. The lowest BCUT2D eigenvalue weighted by Gasteiger charge is -2.36. The summed E-state index contributed by atoms with van der Waals surface area (Å²) in [6.07, 6.45) is 6.82. The highest BCUT2D eigenvalue weighted by Crippen LogP contribution is 2.45. The standard InChI is InChI=1S/C21H29ClN2O2/c1-21(7-8-21)20(25)23-13-15-11-17(12-15)26-18-6-4-5-16(19(18)22)14-24-9-2-3-10-24/h4-6,15,17H,2-3,7-14H2,1H3,(H,23,25). The maximum absolute atomic E-state index is 12.0. The predicted octanol–water partition coefficient (Wildman–Crippen LogP) is 4.01. The molecule has 0 atom stereocenters. The molecule has 2 aliphatic carbocycles. The van der Waals surface area contributed by atoms with Gasteiger partial charge in [0.05, 0.1) is 11.1 Å². The first kappa shape index (κ1) is 18.1. The number of ether oxygens (including phenoxy) is 1. The van der Waals surface area contributed by atoms with Crippen LogP contribution in [0.25, 0.3) is 0 Å². The summed E-state index contributed by atoms with van der Waals surface area (Å²) in [7, 11) is 0. The highest BCUT2D eigenvalue weighted by molar-refractivity contribution is 6.32. The van der Waals surface area contributed by atoms with Gasteiger partial charge in [0.1, 0.15) is 5.75 Å². The maximum atomic E-state index is 12.0. The molecule has 1 aromatic carbocycles. The molecule has 3 aliphatic rings. The van der Waals surface area contributed by atoms with E-state index in [2.05, 4.69) is 16.3 Å². The average Bonchev–Trinajstić information content (AvgIpc) is 3.14. The van der Waals surface area contributed by atoms with Crippen molar-refractivity contribution in [2.75, 3.05) is 19.6 Å². The van der Waals surface area contributed by atoms with Gasteiger partial charge in [-0.05, 0) is 69.2 Å². The second-order valence-corrected chi connectivity index (χ2v) is 8.94. The fraction of sp³-hybridized carbons (Fsp3) is 0.667. The van der Waals surface area contributed by atoms with Crippen molar-refractivity contribution in [1.82, 2.24) is 10.2 Å². The van der Waals surface area contributed by atoms with Gasteiger partial charge >= 0.3 is 0 Å². The molecule has 0 spiro atoms. The van der Waals surface area contributed by atoms with E-state index in [-0.39, 0.29) is 17.4 Å². The molecule has 1 amide bonds. The van der Waals surface area contributed by atoms with Gasteiger partial charge in [0.25, 0.3) is 0 Å². The van der Waals surface area contributed by atoms with Gasteiger partial charge in [-0.25, -0.2) is 0 Å². The van der Waals surface area contributed by atoms with Gasteiger partial charge in [0.2, 0.25) is 5.91 Å². The number of hydrogen-bond acceptors (Lipinski definition) is 3. The number of likely N-dealkylation sites (tertiary alicyclic amines) is 1. The average molecular weight is 377 g/mol. The van der Waals surface area contributed by atoms with Crippen LogP contribution >= 0.6 is 11.6 Å². The zero-order valence-corrected chi connectivity index (χ0v) is 16.4. The summed E-state index contributed by atoms with van der Waals surface area (Å²) >= 11 is 6.60. The third-order valence-corrected chi connectivity index (χ3v) is 6.65. The molecule has 0 bridgehead atoms. The van der Waals surface area contributed by atoms with E-state index in [9.17, 15) is 4.79 Å². The van der Waals surface area contributed by atoms with Crippen LogP contribution in [0, 0.1) is 11.3 Å². The quantitative estimate of drug-likeness (QED) is 0.781. The summed E-state index contributed by atoms with van der Waals surface area (Å²) in [4.78, 5) is 14.5. The van der Waals surface area contributed by atoms with Gasteiger partial charge in [-0.1, -0.05) is 30.7 Å². The SMILES string of the molecule is CC1(C(=O)NCC2CC(Oc3cccc(CN4CCCC4)c3Cl)C2)CC1. The van der Waals surface area contributed by atoms with Crippen LogP contribution in [0.2, 0.25) is 5.02 Å². The number of amides is 1. The fourth-order valence-corrected chi connectivity index (χ4v) is 4.16. The molecule has 142 valence electrons. The molecule has 4 nitrogen and oxygen atoms in total. The number of nitrogens with one attached hydrogen (secondary N) is 1. The van der Waals surface area contributed by atoms with Gasteiger partial charge in [-0.2, -0.15) is 0 Å². The summed E-state index contributed by atoms with van der Waals surface area (Å²) in [5.41, 5.74) is 1.08. The van der Waals surface area contributed by atoms with Crippen molar-refractivity contribution in [2.45, 2.75) is 58.1 Å². The van der Waals surface area contributed by atoms with Crippen molar-refractivity contribution >= 4 is 17.5 Å². The van der Waals surface area contributed by atoms with E-state index in [0.717, 1.165) is 68.2 Å². The molecule has 26 heavy (non-hydrogen) atoms. The van der Waals surface area contributed by atoms with E-state index < -0.39 is 0 Å². The van der Waals surface area contributed by atoms with Crippen LogP contribution in [0.1, 0.15) is 51.0 Å². The van der Waals surface area contributed by atoms with Crippen molar-refractivity contribution in [3.05, 3.63) is 28.8 Å². The minimum Gasteiger partial charge on any atom is -0.489 e. The fourth-order valence-electron chi connectivity index (χ4n) is 3.93. The lowest BCUT2D eigenvalue weighted by molar-refractivity contribution is -0.126. The Morgan fingerprint density at radius 3 is 2.73 bits per heavy atom. The van der Waals surface area contributed by atoms with Crippen LogP contribution in [0.4, 0.5) is 0 Å². The molecule has 1 N–H and O–H groups in total. The Morgan fingerprint density at radius 1 is 1.31 bits per heavy atom. The third kappa shape index (κ3) is 4.01. The zero-order chi connectivity index (χ0) is 18.1. The minimum atomic E-state index is -0.0804. The molecule has 0 aromatic heterocycles. The number of halogens is 1. The van der Waals surface area contributed by atoms with Gasteiger partial charge in [-0.15, -0.1) is 0 Å². The van der Waals surface area contributed by atoms with Crippen molar-refractivity contribution in [3.63, 3.8) is 0 Å². The molecule has 3 fully saturated rings. The number of carbonyl (C=O) groups is 1. The van der Waals surface area contributed by atoms with Crippen molar-refractivity contribution < 1.29 is 9.53 Å². The Morgan fingerprint density at radius 2 is 2.04 bits per heavy atom. The molecular weight excluding hydrogens is 348 g/mol. The Balaban J connectivity index is 1.24. The first-order valence-electron chi connectivity index (χ1n) is 9.98.